The normalized spacial score (nSPS) is 12.4. The van der Waals surface area contributed by atoms with Crippen molar-refractivity contribution in [1.29, 1.82) is 0 Å². The van der Waals surface area contributed by atoms with Crippen molar-refractivity contribution >= 4 is 17.9 Å². The van der Waals surface area contributed by atoms with Gasteiger partial charge in [-0.1, -0.05) is 345 Å². The summed E-state index contributed by atoms with van der Waals surface area (Å²) in [4.78, 5) is 38.4. The molecule has 0 aliphatic rings. The van der Waals surface area contributed by atoms with Gasteiger partial charge in [-0.25, -0.2) is 0 Å². The molecule has 0 bridgehead atoms. The summed E-state index contributed by atoms with van der Waals surface area (Å²) in [5.41, 5.74) is 0. The van der Waals surface area contributed by atoms with E-state index in [9.17, 15) is 14.4 Å². The van der Waals surface area contributed by atoms with Gasteiger partial charge < -0.3 is 14.2 Å². The molecule has 484 valence electrons. The molecule has 6 nitrogen and oxygen atoms in total. The van der Waals surface area contributed by atoms with Crippen LogP contribution in [0, 0.1) is 0 Å². The summed E-state index contributed by atoms with van der Waals surface area (Å²) in [6.07, 6.45) is 92.7. The monoisotopic (exact) mass is 1160 g/mol. The van der Waals surface area contributed by atoms with Crippen LogP contribution in [0.1, 0.15) is 393 Å². The summed E-state index contributed by atoms with van der Waals surface area (Å²) in [6, 6.07) is 0. The third-order valence-corrected chi connectivity index (χ3v) is 16.5. The molecule has 0 aromatic carbocycles. The van der Waals surface area contributed by atoms with E-state index in [0.29, 0.717) is 19.3 Å². The average molecular weight is 1160 g/mol. The standard InChI is InChI=1S/C77H140O6/c1-4-7-10-13-16-19-22-24-26-28-30-32-33-34-35-36-37-38-39-40-41-42-43-45-46-48-50-52-55-58-61-64-67-70-76(79)82-73-74(72-81-75(78)69-66-63-60-57-54-21-18-15-12-9-6-3)83-77(80)71-68-65-62-59-56-53-51-49-47-44-31-29-27-25-23-20-17-14-11-8-5-2/h22-25,28-31,33-34,74H,4-21,26-27,32,35-73H2,1-3H3/b24-22-,25-23-,30-28-,31-29-,34-33-. The minimum atomic E-state index is -0.774. The van der Waals surface area contributed by atoms with E-state index in [1.54, 1.807) is 0 Å². The van der Waals surface area contributed by atoms with Crippen LogP contribution in [0.3, 0.4) is 0 Å². The Bertz CT molecular complexity index is 1470. The lowest BCUT2D eigenvalue weighted by molar-refractivity contribution is -0.167. The van der Waals surface area contributed by atoms with Crippen LogP contribution >= 0.6 is 0 Å². The van der Waals surface area contributed by atoms with E-state index < -0.39 is 6.10 Å². The molecule has 0 saturated heterocycles. The molecule has 83 heavy (non-hydrogen) atoms. The Morgan fingerprint density at radius 3 is 0.675 bits per heavy atom. The Kier molecular flexibility index (Phi) is 69.1. The largest absolute Gasteiger partial charge is 0.462 e. The zero-order valence-electron chi connectivity index (χ0n) is 55.7. The molecule has 0 rings (SSSR count). The smallest absolute Gasteiger partial charge is 0.306 e. The Balaban J connectivity index is 4.13. The zero-order valence-corrected chi connectivity index (χ0v) is 55.7. The minimum absolute atomic E-state index is 0.0705. The molecule has 0 fully saturated rings. The second kappa shape index (κ2) is 71.6. The van der Waals surface area contributed by atoms with Gasteiger partial charge in [-0.3, -0.25) is 14.4 Å². The van der Waals surface area contributed by atoms with E-state index in [1.807, 2.05) is 0 Å². The van der Waals surface area contributed by atoms with Crippen molar-refractivity contribution in [3.8, 4) is 0 Å². The molecule has 0 aliphatic heterocycles. The first-order valence-electron chi connectivity index (χ1n) is 36.8. The number of unbranched alkanes of at least 4 members (excludes halogenated alkanes) is 47. The predicted octanol–water partition coefficient (Wildman–Crippen LogP) is 25.5. The molecule has 0 aliphatic carbocycles. The first kappa shape index (κ1) is 80.1. The molecule has 0 aromatic rings. The highest BCUT2D eigenvalue weighted by molar-refractivity contribution is 5.71. The first-order chi connectivity index (χ1) is 41.0. The Hall–Kier alpha value is -2.89. The highest BCUT2D eigenvalue weighted by atomic mass is 16.6. The summed E-state index contributed by atoms with van der Waals surface area (Å²) < 4.78 is 17.0. The molecule has 0 heterocycles. The Labute approximate surface area is 517 Å². The minimum Gasteiger partial charge on any atom is -0.462 e. The van der Waals surface area contributed by atoms with Gasteiger partial charge in [-0.05, 0) is 89.9 Å². The van der Waals surface area contributed by atoms with E-state index in [-0.39, 0.29) is 31.1 Å². The van der Waals surface area contributed by atoms with E-state index in [0.717, 1.165) is 77.0 Å². The van der Waals surface area contributed by atoms with Gasteiger partial charge in [0.05, 0.1) is 0 Å². The van der Waals surface area contributed by atoms with E-state index in [1.165, 1.54) is 276 Å². The van der Waals surface area contributed by atoms with Crippen molar-refractivity contribution in [1.82, 2.24) is 0 Å². The van der Waals surface area contributed by atoms with Crippen LogP contribution < -0.4 is 0 Å². The fourth-order valence-corrected chi connectivity index (χ4v) is 11.0. The number of hydrogen-bond donors (Lipinski definition) is 0. The third-order valence-electron chi connectivity index (χ3n) is 16.5. The first-order valence-corrected chi connectivity index (χ1v) is 36.8. The highest BCUT2D eigenvalue weighted by Crippen LogP contribution is 2.18. The van der Waals surface area contributed by atoms with Gasteiger partial charge in [0.1, 0.15) is 13.2 Å². The molecule has 0 amide bonds. The summed E-state index contributed by atoms with van der Waals surface area (Å²) in [5.74, 6) is -0.851. The second-order valence-electron chi connectivity index (χ2n) is 24.9. The van der Waals surface area contributed by atoms with Crippen molar-refractivity contribution in [2.45, 2.75) is 399 Å². The highest BCUT2D eigenvalue weighted by Gasteiger charge is 2.19. The van der Waals surface area contributed by atoms with E-state index in [2.05, 4.69) is 81.5 Å². The van der Waals surface area contributed by atoms with Gasteiger partial charge in [0.25, 0.3) is 0 Å². The van der Waals surface area contributed by atoms with Crippen molar-refractivity contribution in [2.24, 2.45) is 0 Å². The van der Waals surface area contributed by atoms with Crippen LogP contribution in [0.25, 0.3) is 0 Å². The fourth-order valence-electron chi connectivity index (χ4n) is 11.0. The lowest BCUT2D eigenvalue weighted by atomic mass is 10.0. The third kappa shape index (κ3) is 69.8. The maximum atomic E-state index is 12.9. The molecule has 0 saturated carbocycles. The van der Waals surface area contributed by atoms with Crippen LogP contribution in [-0.2, 0) is 28.6 Å². The molecule has 1 atom stereocenters. The summed E-state index contributed by atoms with van der Waals surface area (Å²) in [5, 5.41) is 0. The summed E-state index contributed by atoms with van der Waals surface area (Å²) in [6.45, 7) is 6.67. The molecule has 0 spiro atoms. The lowest BCUT2D eigenvalue weighted by Gasteiger charge is -2.18. The number of hydrogen-bond acceptors (Lipinski definition) is 6. The Morgan fingerprint density at radius 2 is 0.434 bits per heavy atom. The number of carbonyl (C=O) groups excluding carboxylic acids is 3. The number of carbonyl (C=O) groups is 3. The van der Waals surface area contributed by atoms with E-state index in [4.69, 9.17) is 14.2 Å². The maximum Gasteiger partial charge on any atom is 0.306 e. The number of ether oxygens (including phenoxy) is 3. The molecule has 0 N–H and O–H groups in total. The maximum absolute atomic E-state index is 12.9. The topological polar surface area (TPSA) is 78.9 Å². The second-order valence-corrected chi connectivity index (χ2v) is 24.9. The van der Waals surface area contributed by atoms with E-state index >= 15 is 0 Å². The molecule has 0 radical (unpaired) electrons. The quantitative estimate of drug-likeness (QED) is 0.0261. The summed E-state index contributed by atoms with van der Waals surface area (Å²) >= 11 is 0. The number of rotatable bonds is 68. The van der Waals surface area contributed by atoms with Crippen LogP contribution in [0.5, 0.6) is 0 Å². The zero-order chi connectivity index (χ0) is 59.9. The molecular formula is C77H140O6. The van der Waals surface area contributed by atoms with Crippen LogP contribution in [0.2, 0.25) is 0 Å². The predicted molar refractivity (Wildman–Crippen MR) is 362 cm³/mol. The number of esters is 3. The molecule has 0 aromatic heterocycles. The van der Waals surface area contributed by atoms with Gasteiger partial charge in [-0.15, -0.1) is 0 Å². The van der Waals surface area contributed by atoms with Gasteiger partial charge in [0, 0.05) is 19.3 Å². The van der Waals surface area contributed by atoms with Crippen molar-refractivity contribution in [2.75, 3.05) is 13.2 Å². The average Bonchev–Trinajstić information content (AvgIpc) is 3.48. The Morgan fingerprint density at radius 1 is 0.241 bits per heavy atom. The molecule has 6 heteroatoms. The van der Waals surface area contributed by atoms with Crippen molar-refractivity contribution in [3.63, 3.8) is 0 Å². The van der Waals surface area contributed by atoms with Gasteiger partial charge in [0.15, 0.2) is 6.10 Å². The van der Waals surface area contributed by atoms with Crippen molar-refractivity contribution in [3.05, 3.63) is 60.8 Å². The van der Waals surface area contributed by atoms with Crippen LogP contribution in [0.4, 0.5) is 0 Å². The van der Waals surface area contributed by atoms with Gasteiger partial charge in [-0.2, -0.15) is 0 Å². The van der Waals surface area contributed by atoms with Crippen LogP contribution in [0.15, 0.2) is 60.8 Å². The summed E-state index contributed by atoms with van der Waals surface area (Å²) in [7, 11) is 0. The SMILES string of the molecule is CCCCCCC/C=C\C/C=C\C/C=C\CCCCCCCCCCCCCCCCCCCCC(=O)OCC(COC(=O)CCCCCCCCCCCCC)OC(=O)CCCCCCCCCCC/C=C\C/C=C\CCCCCCC. The lowest BCUT2D eigenvalue weighted by Crippen LogP contribution is -2.30. The molecular weight excluding hydrogens is 1020 g/mol. The van der Waals surface area contributed by atoms with Crippen LogP contribution in [-0.4, -0.2) is 37.2 Å². The van der Waals surface area contributed by atoms with Crippen molar-refractivity contribution < 1.29 is 28.6 Å². The van der Waals surface area contributed by atoms with Gasteiger partial charge in [0.2, 0.25) is 0 Å². The number of allylic oxidation sites excluding steroid dienone is 10. The molecule has 1 unspecified atom stereocenters. The van der Waals surface area contributed by atoms with Gasteiger partial charge >= 0.3 is 17.9 Å². The fraction of sp³-hybridized carbons (Fsp3) is 0.831.